The Morgan fingerprint density at radius 2 is 1.63 bits per heavy atom. The second-order valence-corrected chi connectivity index (χ2v) is 9.53. The third-order valence-electron chi connectivity index (χ3n) is 6.28. The predicted molar refractivity (Wildman–Crippen MR) is 142 cm³/mol. The Morgan fingerprint density at radius 1 is 0.943 bits per heavy atom. The molecule has 3 aromatic carbocycles. The first kappa shape index (κ1) is 24.8. The molecular formula is C28H30BrN3O3. The van der Waals surface area contributed by atoms with E-state index >= 15 is 0 Å². The summed E-state index contributed by atoms with van der Waals surface area (Å²) in [5.74, 6) is 0.704. The molecule has 0 bridgehead atoms. The molecule has 0 unspecified atom stereocenters. The van der Waals surface area contributed by atoms with Gasteiger partial charge in [0, 0.05) is 41.4 Å². The molecule has 0 aliphatic carbocycles. The van der Waals surface area contributed by atoms with Gasteiger partial charge < -0.3 is 20.3 Å². The van der Waals surface area contributed by atoms with Crippen molar-refractivity contribution in [2.75, 3.05) is 31.6 Å². The van der Waals surface area contributed by atoms with Crippen LogP contribution in [0.2, 0.25) is 0 Å². The fourth-order valence-corrected chi connectivity index (χ4v) is 4.55. The minimum absolute atomic E-state index is 0.0485. The van der Waals surface area contributed by atoms with Crippen molar-refractivity contribution in [1.82, 2.24) is 10.6 Å². The Kier molecular flexibility index (Phi) is 8.42. The van der Waals surface area contributed by atoms with Crippen LogP contribution < -0.4 is 20.3 Å². The van der Waals surface area contributed by atoms with Gasteiger partial charge in [-0.2, -0.15) is 0 Å². The largest absolute Gasteiger partial charge is 0.497 e. The first-order valence-electron chi connectivity index (χ1n) is 11.8. The lowest BCUT2D eigenvalue weighted by molar-refractivity contribution is 0.0929. The van der Waals surface area contributed by atoms with Gasteiger partial charge in [0.2, 0.25) is 0 Å². The Bertz CT molecular complexity index is 1140. The smallest absolute Gasteiger partial charge is 0.253 e. The molecule has 6 nitrogen and oxygen atoms in total. The van der Waals surface area contributed by atoms with Crippen molar-refractivity contribution >= 4 is 33.4 Å². The summed E-state index contributed by atoms with van der Waals surface area (Å²) in [7, 11) is 1.65. The summed E-state index contributed by atoms with van der Waals surface area (Å²) in [6, 6.07) is 23.1. The average Bonchev–Trinajstić information content (AvgIpc) is 2.90. The number of carbonyl (C=O) groups is 2. The number of methoxy groups -OCH3 is 1. The van der Waals surface area contributed by atoms with Gasteiger partial charge in [-0.25, -0.2) is 0 Å². The molecule has 0 spiro atoms. The molecule has 0 saturated carbocycles. The molecule has 2 N–H and O–H groups in total. The minimum Gasteiger partial charge on any atom is -0.497 e. The molecule has 1 saturated heterocycles. The van der Waals surface area contributed by atoms with E-state index in [0.717, 1.165) is 53.8 Å². The molecule has 0 radical (unpaired) electrons. The number of anilines is 1. The molecule has 2 amide bonds. The van der Waals surface area contributed by atoms with E-state index in [2.05, 4.69) is 31.5 Å². The molecule has 182 valence electrons. The number of nitrogens with zero attached hydrogens (tertiary/aromatic N) is 1. The van der Waals surface area contributed by atoms with Crippen LogP contribution >= 0.6 is 15.9 Å². The summed E-state index contributed by atoms with van der Waals surface area (Å²) in [5, 5.41) is 6.20. The second-order valence-electron chi connectivity index (χ2n) is 8.61. The number of halogens is 1. The summed E-state index contributed by atoms with van der Waals surface area (Å²) >= 11 is 3.40. The van der Waals surface area contributed by atoms with E-state index in [9.17, 15) is 9.59 Å². The highest BCUT2D eigenvalue weighted by Crippen LogP contribution is 2.24. The van der Waals surface area contributed by atoms with Crippen LogP contribution in [0, 0.1) is 0 Å². The Hall–Kier alpha value is -3.32. The van der Waals surface area contributed by atoms with Crippen LogP contribution in [0.4, 0.5) is 5.69 Å². The number of rotatable bonds is 8. The standard InChI is InChI=1S/C28H30BrN3O3/c1-35-24-12-6-20(7-13-24)14-17-30-28(34)25-4-2-3-5-26(25)32-18-15-23(16-19-32)31-27(33)21-8-10-22(29)11-9-21/h2-13,23H,14-19H2,1H3,(H,30,34)(H,31,33). The van der Waals surface area contributed by atoms with Crippen molar-refractivity contribution in [3.63, 3.8) is 0 Å². The summed E-state index contributed by atoms with van der Waals surface area (Å²) in [6.07, 6.45) is 2.41. The van der Waals surface area contributed by atoms with Crippen LogP contribution in [-0.2, 0) is 6.42 Å². The molecule has 1 aliphatic rings. The first-order valence-corrected chi connectivity index (χ1v) is 12.6. The van der Waals surface area contributed by atoms with E-state index in [1.165, 1.54) is 0 Å². The van der Waals surface area contributed by atoms with E-state index in [1.54, 1.807) is 7.11 Å². The molecule has 4 rings (SSSR count). The molecule has 7 heteroatoms. The lowest BCUT2D eigenvalue weighted by Gasteiger charge is -2.35. The Morgan fingerprint density at radius 3 is 2.31 bits per heavy atom. The van der Waals surface area contributed by atoms with E-state index in [1.807, 2.05) is 72.8 Å². The lowest BCUT2D eigenvalue weighted by atomic mass is 10.0. The maximum absolute atomic E-state index is 13.0. The minimum atomic E-state index is -0.0697. The number of piperidine rings is 1. The quantitative estimate of drug-likeness (QED) is 0.433. The van der Waals surface area contributed by atoms with Crippen molar-refractivity contribution in [1.29, 1.82) is 0 Å². The fourth-order valence-electron chi connectivity index (χ4n) is 4.28. The van der Waals surface area contributed by atoms with Gasteiger partial charge in [0.05, 0.1) is 12.7 Å². The highest BCUT2D eigenvalue weighted by Gasteiger charge is 2.24. The van der Waals surface area contributed by atoms with Gasteiger partial charge in [-0.3, -0.25) is 9.59 Å². The third-order valence-corrected chi connectivity index (χ3v) is 6.81. The summed E-state index contributed by atoms with van der Waals surface area (Å²) in [4.78, 5) is 27.8. The van der Waals surface area contributed by atoms with Gasteiger partial charge in [-0.1, -0.05) is 40.2 Å². The van der Waals surface area contributed by atoms with Crippen molar-refractivity contribution < 1.29 is 14.3 Å². The second kappa shape index (κ2) is 11.9. The maximum atomic E-state index is 13.0. The van der Waals surface area contributed by atoms with Crippen LogP contribution in [-0.4, -0.2) is 44.6 Å². The predicted octanol–water partition coefficient (Wildman–Crippen LogP) is 4.83. The molecule has 1 fully saturated rings. The summed E-state index contributed by atoms with van der Waals surface area (Å²) < 4.78 is 6.14. The number of nitrogens with one attached hydrogen (secondary N) is 2. The molecule has 3 aromatic rings. The lowest BCUT2D eigenvalue weighted by Crippen LogP contribution is -2.45. The molecule has 1 aliphatic heterocycles. The SMILES string of the molecule is COc1ccc(CCNC(=O)c2ccccc2N2CCC(NC(=O)c3ccc(Br)cc3)CC2)cc1. The number of amides is 2. The van der Waals surface area contributed by atoms with Gasteiger partial charge in [0.1, 0.15) is 5.75 Å². The number of ether oxygens (including phenoxy) is 1. The molecular weight excluding hydrogens is 506 g/mol. The Balaban J connectivity index is 1.30. The van der Waals surface area contributed by atoms with Crippen molar-refractivity contribution in [2.24, 2.45) is 0 Å². The van der Waals surface area contributed by atoms with E-state index in [-0.39, 0.29) is 17.9 Å². The van der Waals surface area contributed by atoms with Crippen molar-refractivity contribution in [3.05, 3.63) is 94.0 Å². The maximum Gasteiger partial charge on any atom is 0.253 e. The molecule has 35 heavy (non-hydrogen) atoms. The zero-order chi connectivity index (χ0) is 24.6. The highest BCUT2D eigenvalue weighted by molar-refractivity contribution is 9.10. The zero-order valence-corrected chi connectivity index (χ0v) is 21.4. The van der Waals surface area contributed by atoms with E-state index < -0.39 is 0 Å². The first-order chi connectivity index (χ1) is 17.0. The third kappa shape index (κ3) is 6.63. The molecule has 1 heterocycles. The monoisotopic (exact) mass is 535 g/mol. The van der Waals surface area contributed by atoms with Crippen molar-refractivity contribution in [2.45, 2.75) is 25.3 Å². The van der Waals surface area contributed by atoms with Gasteiger partial charge in [0.15, 0.2) is 0 Å². The number of hydrogen-bond donors (Lipinski definition) is 2. The van der Waals surface area contributed by atoms with E-state index in [4.69, 9.17) is 4.74 Å². The number of carbonyl (C=O) groups excluding carboxylic acids is 2. The van der Waals surface area contributed by atoms with Crippen molar-refractivity contribution in [3.8, 4) is 5.75 Å². The van der Waals surface area contributed by atoms with Gasteiger partial charge >= 0.3 is 0 Å². The summed E-state index contributed by atoms with van der Waals surface area (Å²) in [6.45, 7) is 2.12. The van der Waals surface area contributed by atoms with E-state index in [0.29, 0.717) is 17.7 Å². The number of benzene rings is 3. The highest BCUT2D eigenvalue weighted by atomic mass is 79.9. The average molecular weight is 536 g/mol. The summed E-state index contributed by atoms with van der Waals surface area (Å²) in [5.41, 5.74) is 3.42. The van der Waals surface area contributed by atoms with Crippen LogP contribution in [0.1, 0.15) is 39.1 Å². The van der Waals surface area contributed by atoms with Gasteiger partial charge in [-0.05, 0) is 73.4 Å². The topological polar surface area (TPSA) is 70.7 Å². The number of para-hydroxylation sites is 1. The van der Waals surface area contributed by atoms with Gasteiger partial charge in [0.25, 0.3) is 11.8 Å². The van der Waals surface area contributed by atoms with Crippen LogP contribution in [0.15, 0.2) is 77.3 Å². The molecule has 0 atom stereocenters. The van der Waals surface area contributed by atoms with Gasteiger partial charge in [-0.15, -0.1) is 0 Å². The Labute approximate surface area is 214 Å². The fraction of sp³-hybridized carbons (Fsp3) is 0.286. The van der Waals surface area contributed by atoms with Crippen LogP contribution in [0.3, 0.4) is 0 Å². The molecule has 0 aromatic heterocycles. The zero-order valence-electron chi connectivity index (χ0n) is 19.8. The number of hydrogen-bond acceptors (Lipinski definition) is 4. The van der Waals surface area contributed by atoms with Crippen LogP contribution in [0.5, 0.6) is 5.75 Å². The van der Waals surface area contributed by atoms with Crippen LogP contribution in [0.25, 0.3) is 0 Å². The normalized spacial score (nSPS) is 13.8.